The van der Waals surface area contributed by atoms with Gasteiger partial charge in [0.15, 0.2) is 5.82 Å². The number of rotatable bonds is 5. The van der Waals surface area contributed by atoms with E-state index < -0.39 is 11.9 Å². The van der Waals surface area contributed by atoms with E-state index in [1.54, 1.807) is 30.6 Å². The zero-order valence-electron chi connectivity index (χ0n) is 16.7. The van der Waals surface area contributed by atoms with Crippen LogP contribution in [0, 0.1) is 0 Å². The molecule has 0 bridgehead atoms. The molecule has 3 rings (SSSR count). The van der Waals surface area contributed by atoms with E-state index in [0.717, 1.165) is 20.5 Å². The molecule has 0 aliphatic heterocycles. The third-order valence-corrected chi connectivity index (χ3v) is 6.15. The first-order valence-electron chi connectivity index (χ1n) is 9.16. The second-order valence-corrected chi connectivity index (χ2v) is 9.68. The zero-order chi connectivity index (χ0) is 21.9. The Morgan fingerprint density at radius 1 is 1.07 bits per heavy atom. The molecule has 0 fully saturated rings. The molecule has 3 aromatic rings. The summed E-state index contributed by atoms with van der Waals surface area (Å²) in [6.45, 7) is 6.17. The van der Waals surface area contributed by atoms with Crippen molar-refractivity contribution in [1.29, 1.82) is 0 Å². The number of benzene rings is 1. The molecule has 2 aromatic heterocycles. The molecule has 0 radical (unpaired) electrons. The van der Waals surface area contributed by atoms with Gasteiger partial charge in [0.05, 0.1) is 9.35 Å². The summed E-state index contributed by atoms with van der Waals surface area (Å²) in [4.78, 5) is 38.0. The highest BCUT2D eigenvalue weighted by atomic mass is 79.9. The number of carboxylic acids is 1. The maximum Gasteiger partial charge on any atom is 0.350 e. The monoisotopic (exact) mass is 485 g/mol. The van der Waals surface area contributed by atoms with Crippen molar-refractivity contribution in [1.82, 2.24) is 9.97 Å². The van der Waals surface area contributed by atoms with E-state index in [1.807, 2.05) is 18.2 Å². The lowest BCUT2D eigenvalue weighted by Gasteiger charge is -2.15. The van der Waals surface area contributed by atoms with E-state index >= 15 is 0 Å². The predicted octanol–water partition coefficient (Wildman–Crippen LogP) is 5.17. The van der Waals surface area contributed by atoms with Crippen molar-refractivity contribution in [3.63, 3.8) is 0 Å². The third-order valence-electron chi connectivity index (χ3n) is 4.24. The Bertz CT molecular complexity index is 1100. The molecule has 1 N–H and O–H groups in total. The first-order chi connectivity index (χ1) is 14.1. The molecule has 0 saturated heterocycles. The number of halogens is 1. The van der Waals surface area contributed by atoms with Crippen molar-refractivity contribution in [2.75, 3.05) is 0 Å². The molecule has 1 aromatic carbocycles. The minimum Gasteiger partial charge on any atom is -0.477 e. The number of amides is 1. The molecule has 30 heavy (non-hydrogen) atoms. The summed E-state index contributed by atoms with van der Waals surface area (Å²) in [6.07, 6.45) is 3.36. The van der Waals surface area contributed by atoms with Crippen molar-refractivity contribution >= 4 is 44.9 Å². The second kappa shape index (κ2) is 8.97. The number of thiophene rings is 1. The van der Waals surface area contributed by atoms with Gasteiger partial charge in [-0.3, -0.25) is 4.79 Å². The number of aliphatic imine (C=N–C) groups is 1. The zero-order valence-corrected chi connectivity index (χ0v) is 19.1. The molecular formula is C22H20BrN3O3S. The van der Waals surface area contributed by atoms with E-state index in [4.69, 9.17) is 0 Å². The average Bonchev–Trinajstić information content (AvgIpc) is 3.19. The van der Waals surface area contributed by atoms with Crippen LogP contribution in [0.3, 0.4) is 0 Å². The lowest BCUT2D eigenvalue weighted by atomic mass is 9.95. The molecule has 6 nitrogen and oxygen atoms in total. The molecule has 0 aliphatic rings. The van der Waals surface area contributed by atoms with Crippen molar-refractivity contribution in [2.24, 2.45) is 4.99 Å². The molecular weight excluding hydrogens is 466 g/mol. The van der Waals surface area contributed by atoms with Crippen LogP contribution in [0.25, 0.3) is 11.4 Å². The van der Waals surface area contributed by atoms with E-state index in [2.05, 4.69) is 51.7 Å². The largest absolute Gasteiger partial charge is 0.477 e. The standard InChI is InChI=1S/C22H20BrN3O3S/c1-22(2,3)18-9-8-17(30-18)20(27)26-16(21(28)29)10-13-4-6-14(7-5-13)19-24-11-15(23)12-25-19/h4-9,11-12H,10H2,1-3H3,(H,28,29). The lowest BCUT2D eigenvalue weighted by Crippen LogP contribution is -2.18. The highest BCUT2D eigenvalue weighted by molar-refractivity contribution is 9.10. The molecule has 2 heterocycles. The number of nitrogens with zero attached hydrogens (tertiary/aromatic N) is 3. The molecule has 154 valence electrons. The molecule has 0 aliphatic carbocycles. The van der Waals surface area contributed by atoms with Crippen LogP contribution in [0.2, 0.25) is 0 Å². The first kappa shape index (κ1) is 22.0. The maximum atomic E-state index is 12.5. The van der Waals surface area contributed by atoms with Crippen LogP contribution in [-0.2, 0) is 16.6 Å². The fraction of sp³-hybridized carbons (Fsp3) is 0.227. The molecule has 0 saturated carbocycles. The number of aliphatic carboxylic acids is 1. The highest BCUT2D eigenvalue weighted by Crippen LogP contribution is 2.29. The lowest BCUT2D eigenvalue weighted by molar-refractivity contribution is -0.129. The predicted molar refractivity (Wildman–Crippen MR) is 121 cm³/mol. The Hall–Kier alpha value is -2.71. The number of aromatic nitrogens is 2. The Labute approximate surface area is 186 Å². The maximum absolute atomic E-state index is 12.5. The van der Waals surface area contributed by atoms with E-state index in [-0.39, 0.29) is 17.5 Å². The number of carbonyl (C=O) groups is 2. The minimum atomic E-state index is -1.21. The Kier molecular flexibility index (Phi) is 6.58. The fourth-order valence-electron chi connectivity index (χ4n) is 2.62. The van der Waals surface area contributed by atoms with Gasteiger partial charge in [0.2, 0.25) is 0 Å². The van der Waals surface area contributed by atoms with Gasteiger partial charge in [-0.2, -0.15) is 0 Å². The van der Waals surface area contributed by atoms with E-state index in [0.29, 0.717) is 10.7 Å². The first-order valence-corrected chi connectivity index (χ1v) is 10.8. The van der Waals surface area contributed by atoms with Crippen LogP contribution < -0.4 is 0 Å². The Morgan fingerprint density at radius 3 is 2.23 bits per heavy atom. The SMILES string of the molecule is CC(C)(C)c1ccc(C(=O)N=C(Cc2ccc(-c3ncc(Br)cn3)cc2)C(=O)O)s1. The van der Waals surface area contributed by atoms with Gasteiger partial charge < -0.3 is 5.11 Å². The van der Waals surface area contributed by atoms with Gasteiger partial charge in [-0.15, -0.1) is 11.3 Å². The molecule has 0 unspecified atom stereocenters. The summed E-state index contributed by atoms with van der Waals surface area (Å²) in [7, 11) is 0. The molecule has 8 heteroatoms. The van der Waals surface area contributed by atoms with Crippen molar-refractivity contribution < 1.29 is 14.7 Å². The molecule has 0 spiro atoms. The number of hydrogen-bond donors (Lipinski definition) is 1. The Morgan fingerprint density at radius 2 is 1.70 bits per heavy atom. The summed E-state index contributed by atoms with van der Waals surface area (Å²) in [5, 5.41) is 9.52. The third kappa shape index (κ3) is 5.46. The van der Waals surface area contributed by atoms with Crippen LogP contribution in [0.5, 0.6) is 0 Å². The van der Waals surface area contributed by atoms with Gasteiger partial charge >= 0.3 is 5.97 Å². The Balaban J connectivity index is 1.78. The summed E-state index contributed by atoms with van der Waals surface area (Å²) in [5.74, 6) is -1.18. The van der Waals surface area contributed by atoms with Crippen LogP contribution in [0.15, 0.2) is 58.3 Å². The van der Waals surface area contributed by atoms with Gasteiger partial charge in [-0.1, -0.05) is 45.0 Å². The molecule has 1 amide bonds. The average molecular weight is 486 g/mol. The normalized spacial score (nSPS) is 12.1. The van der Waals surface area contributed by atoms with Crippen LogP contribution >= 0.6 is 27.3 Å². The summed E-state index contributed by atoms with van der Waals surface area (Å²) in [5.41, 5.74) is 1.26. The van der Waals surface area contributed by atoms with Gasteiger partial charge in [-0.05, 0) is 39.0 Å². The van der Waals surface area contributed by atoms with Gasteiger partial charge in [0, 0.05) is 29.3 Å². The van der Waals surface area contributed by atoms with Crippen molar-refractivity contribution in [2.45, 2.75) is 32.6 Å². The quantitative estimate of drug-likeness (QED) is 0.502. The van der Waals surface area contributed by atoms with Crippen LogP contribution in [0.1, 0.15) is 40.9 Å². The van der Waals surface area contributed by atoms with Crippen LogP contribution in [0.4, 0.5) is 0 Å². The van der Waals surface area contributed by atoms with Gasteiger partial charge in [0.25, 0.3) is 5.91 Å². The fourth-order valence-corrected chi connectivity index (χ4v) is 3.78. The minimum absolute atomic E-state index is 0.0417. The summed E-state index contributed by atoms with van der Waals surface area (Å²) >= 11 is 4.64. The van der Waals surface area contributed by atoms with Crippen molar-refractivity contribution in [3.05, 3.63) is 68.6 Å². The smallest absolute Gasteiger partial charge is 0.350 e. The topological polar surface area (TPSA) is 92.5 Å². The van der Waals surface area contributed by atoms with Gasteiger partial charge in [-0.25, -0.2) is 19.8 Å². The summed E-state index contributed by atoms with van der Waals surface area (Å²) < 4.78 is 0.787. The summed E-state index contributed by atoms with van der Waals surface area (Å²) in [6, 6.07) is 10.8. The van der Waals surface area contributed by atoms with Crippen LogP contribution in [-0.4, -0.2) is 32.7 Å². The number of carboxylic acid groups (broad SMARTS) is 1. The molecule has 0 atom stereocenters. The van der Waals surface area contributed by atoms with Gasteiger partial charge in [0.1, 0.15) is 5.71 Å². The number of carbonyl (C=O) groups excluding carboxylic acids is 1. The highest BCUT2D eigenvalue weighted by Gasteiger charge is 2.20. The van der Waals surface area contributed by atoms with Crippen molar-refractivity contribution in [3.8, 4) is 11.4 Å². The van der Waals surface area contributed by atoms with E-state index in [1.165, 1.54) is 11.3 Å². The number of hydrogen-bond acceptors (Lipinski definition) is 5. The second-order valence-electron chi connectivity index (χ2n) is 7.68. The van der Waals surface area contributed by atoms with E-state index in [9.17, 15) is 14.7 Å².